The van der Waals surface area contributed by atoms with Gasteiger partial charge in [-0.05, 0) is 43.4 Å². The van der Waals surface area contributed by atoms with Gasteiger partial charge in [0.25, 0.3) is 0 Å². The lowest BCUT2D eigenvalue weighted by molar-refractivity contribution is -0.139. The number of aryl methyl sites for hydroxylation is 1. The van der Waals surface area contributed by atoms with E-state index in [1.54, 1.807) is 0 Å². The van der Waals surface area contributed by atoms with Crippen LogP contribution >= 0.6 is 12.4 Å². The highest BCUT2D eigenvalue weighted by atomic mass is 35.5. The predicted octanol–water partition coefficient (Wildman–Crippen LogP) is 2.02. The van der Waals surface area contributed by atoms with E-state index in [0.29, 0.717) is 5.92 Å². The summed E-state index contributed by atoms with van der Waals surface area (Å²) in [5.74, 6) is -0.283. The Morgan fingerprint density at radius 2 is 2.18 bits per heavy atom. The molecule has 2 N–H and O–H groups in total. The van der Waals surface area contributed by atoms with Gasteiger partial charge in [0.15, 0.2) is 0 Å². The first-order valence-corrected chi connectivity index (χ1v) is 5.67. The second-order valence-electron chi connectivity index (χ2n) is 4.53. The van der Waals surface area contributed by atoms with E-state index in [2.05, 4.69) is 24.4 Å². The fourth-order valence-corrected chi connectivity index (χ4v) is 2.30. The molecule has 3 nitrogen and oxygen atoms in total. The van der Waals surface area contributed by atoms with Crippen LogP contribution in [-0.4, -0.2) is 23.7 Å². The lowest BCUT2D eigenvalue weighted by Crippen LogP contribution is -2.29. The molecule has 0 aromatic heterocycles. The number of benzene rings is 1. The third-order valence-electron chi connectivity index (χ3n) is 3.29. The first-order valence-electron chi connectivity index (χ1n) is 5.67. The number of carboxylic acids is 1. The van der Waals surface area contributed by atoms with E-state index >= 15 is 0 Å². The highest BCUT2D eigenvalue weighted by Crippen LogP contribution is 2.21. The number of aliphatic carboxylic acids is 1. The van der Waals surface area contributed by atoms with E-state index in [1.807, 2.05) is 12.1 Å². The van der Waals surface area contributed by atoms with Crippen molar-refractivity contribution in [1.82, 2.24) is 5.32 Å². The van der Waals surface area contributed by atoms with Crippen LogP contribution in [-0.2, 0) is 11.2 Å². The van der Waals surface area contributed by atoms with E-state index in [1.165, 1.54) is 11.1 Å². The Balaban J connectivity index is 0.00000144. The van der Waals surface area contributed by atoms with E-state index < -0.39 is 5.97 Å². The predicted molar refractivity (Wildman–Crippen MR) is 69.7 cm³/mol. The van der Waals surface area contributed by atoms with Gasteiger partial charge in [0.2, 0.25) is 0 Å². The Hall–Kier alpha value is -1.06. The topological polar surface area (TPSA) is 49.3 Å². The van der Waals surface area contributed by atoms with Gasteiger partial charge in [0, 0.05) is 0 Å². The van der Waals surface area contributed by atoms with Crippen molar-refractivity contribution in [3.05, 3.63) is 35.4 Å². The minimum atomic E-state index is -0.729. The molecule has 1 aliphatic heterocycles. The Morgan fingerprint density at radius 1 is 1.47 bits per heavy atom. The number of nitrogens with one attached hydrogen (secondary N) is 1. The lowest BCUT2D eigenvalue weighted by Gasteiger charge is -2.10. The molecule has 1 saturated heterocycles. The molecule has 0 radical (unpaired) electrons. The van der Waals surface area contributed by atoms with Crippen molar-refractivity contribution in [1.29, 1.82) is 0 Å². The molecule has 0 saturated carbocycles. The average Bonchev–Trinajstić information content (AvgIpc) is 2.70. The molecule has 17 heavy (non-hydrogen) atoms. The maximum absolute atomic E-state index is 10.8. The van der Waals surface area contributed by atoms with Gasteiger partial charge >= 0.3 is 5.97 Å². The van der Waals surface area contributed by atoms with Crippen molar-refractivity contribution in [2.75, 3.05) is 6.54 Å². The highest BCUT2D eigenvalue weighted by molar-refractivity contribution is 5.85. The molecular weight excluding hydrogens is 238 g/mol. The third kappa shape index (κ3) is 3.45. The summed E-state index contributed by atoms with van der Waals surface area (Å²) in [6.07, 6.45) is 1.72. The molecule has 0 amide bonds. The monoisotopic (exact) mass is 255 g/mol. The number of carbonyl (C=O) groups is 1. The largest absolute Gasteiger partial charge is 0.480 e. The van der Waals surface area contributed by atoms with Crippen molar-refractivity contribution in [2.24, 2.45) is 5.92 Å². The summed E-state index contributed by atoms with van der Waals surface area (Å²) < 4.78 is 0. The molecule has 0 bridgehead atoms. The summed E-state index contributed by atoms with van der Waals surface area (Å²) in [5, 5.41) is 11.9. The molecule has 0 aliphatic carbocycles. The Kier molecular flexibility index (Phi) is 4.97. The normalized spacial score (nSPS) is 23.1. The van der Waals surface area contributed by atoms with Crippen LogP contribution in [0.5, 0.6) is 0 Å². The number of hydrogen-bond acceptors (Lipinski definition) is 2. The summed E-state index contributed by atoms with van der Waals surface area (Å²) in [5.41, 5.74) is 2.63. The minimum Gasteiger partial charge on any atom is -0.480 e. The lowest BCUT2D eigenvalue weighted by atomic mass is 9.94. The second-order valence-corrected chi connectivity index (χ2v) is 4.53. The van der Waals surface area contributed by atoms with Crippen LogP contribution in [0.1, 0.15) is 17.5 Å². The Labute approximate surface area is 108 Å². The molecule has 1 heterocycles. The maximum Gasteiger partial charge on any atom is 0.320 e. The van der Waals surface area contributed by atoms with E-state index in [0.717, 1.165) is 19.4 Å². The summed E-state index contributed by atoms with van der Waals surface area (Å²) in [7, 11) is 0. The number of halogens is 1. The fraction of sp³-hybridized carbons (Fsp3) is 0.462. The van der Waals surface area contributed by atoms with Crippen molar-refractivity contribution in [2.45, 2.75) is 25.8 Å². The van der Waals surface area contributed by atoms with Crippen LogP contribution in [0.4, 0.5) is 0 Å². The quantitative estimate of drug-likeness (QED) is 0.869. The molecule has 0 spiro atoms. The van der Waals surface area contributed by atoms with Crippen LogP contribution in [0.3, 0.4) is 0 Å². The number of hydrogen-bond donors (Lipinski definition) is 2. The molecule has 1 aliphatic rings. The van der Waals surface area contributed by atoms with Gasteiger partial charge in [-0.2, -0.15) is 0 Å². The number of rotatable bonds is 3. The van der Waals surface area contributed by atoms with Gasteiger partial charge in [-0.1, -0.05) is 24.3 Å². The Bertz CT molecular complexity index is 395. The summed E-state index contributed by atoms with van der Waals surface area (Å²) >= 11 is 0. The average molecular weight is 256 g/mol. The molecular formula is C13H18ClNO2. The van der Waals surface area contributed by atoms with Crippen molar-refractivity contribution < 1.29 is 9.90 Å². The summed E-state index contributed by atoms with van der Waals surface area (Å²) in [6.45, 7) is 2.91. The second kappa shape index (κ2) is 6.03. The zero-order valence-corrected chi connectivity index (χ0v) is 10.7. The van der Waals surface area contributed by atoms with Crippen molar-refractivity contribution in [3.8, 4) is 0 Å². The van der Waals surface area contributed by atoms with Crippen LogP contribution in [0.2, 0.25) is 0 Å². The van der Waals surface area contributed by atoms with Crippen LogP contribution < -0.4 is 5.32 Å². The van der Waals surface area contributed by atoms with Crippen molar-refractivity contribution >= 4 is 18.4 Å². The number of carboxylic acid groups (broad SMARTS) is 1. The smallest absolute Gasteiger partial charge is 0.320 e. The molecule has 1 aromatic carbocycles. The Morgan fingerprint density at radius 3 is 2.76 bits per heavy atom. The van der Waals surface area contributed by atoms with Gasteiger partial charge in [-0.15, -0.1) is 12.4 Å². The molecule has 2 rings (SSSR count). The highest BCUT2D eigenvalue weighted by Gasteiger charge is 2.29. The molecule has 4 heteroatoms. The third-order valence-corrected chi connectivity index (χ3v) is 3.29. The SMILES string of the molecule is Cc1ccccc1CC1CNC(C(=O)O)C1.Cl. The van der Waals surface area contributed by atoms with Gasteiger partial charge in [-0.25, -0.2) is 0 Å². The summed E-state index contributed by atoms with van der Waals surface area (Å²) in [6, 6.07) is 7.95. The minimum absolute atomic E-state index is 0. The molecule has 2 atom stereocenters. The molecule has 1 fully saturated rings. The first-order chi connectivity index (χ1) is 7.66. The molecule has 1 aromatic rings. The van der Waals surface area contributed by atoms with E-state index in [-0.39, 0.29) is 18.4 Å². The zero-order chi connectivity index (χ0) is 11.5. The zero-order valence-electron chi connectivity index (χ0n) is 9.85. The van der Waals surface area contributed by atoms with Gasteiger partial charge in [0.1, 0.15) is 6.04 Å². The maximum atomic E-state index is 10.8. The van der Waals surface area contributed by atoms with Crippen molar-refractivity contribution in [3.63, 3.8) is 0 Å². The molecule has 94 valence electrons. The van der Waals surface area contributed by atoms with Gasteiger partial charge in [0.05, 0.1) is 0 Å². The van der Waals surface area contributed by atoms with E-state index in [4.69, 9.17) is 5.11 Å². The molecule has 2 unspecified atom stereocenters. The van der Waals surface area contributed by atoms with Crippen LogP contribution in [0.15, 0.2) is 24.3 Å². The van der Waals surface area contributed by atoms with Gasteiger partial charge in [-0.3, -0.25) is 4.79 Å². The standard InChI is InChI=1S/C13H17NO2.ClH/c1-9-4-2-3-5-11(9)6-10-7-12(13(15)16)14-8-10;/h2-5,10,12,14H,6-8H2,1H3,(H,15,16);1H. The summed E-state index contributed by atoms with van der Waals surface area (Å²) in [4.78, 5) is 10.8. The van der Waals surface area contributed by atoms with Crippen LogP contribution in [0.25, 0.3) is 0 Å². The first kappa shape index (κ1) is 14.0. The van der Waals surface area contributed by atoms with E-state index in [9.17, 15) is 4.79 Å². The fourth-order valence-electron chi connectivity index (χ4n) is 2.30. The van der Waals surface area contributed by atoms with Gasteiger partial charge < -0.3 is 10.4 Å². The van der Waals surface area contributed by atoms with Crippen LogP contribution in [0, 0.1) is 12.8 Å².